The number of benzene rings is 1. The maximum absolute atomic E-state index is 11.9. The molecular formula is C17H28N2O. The minimum Gasteiger partial charge on any atom is -0.326 e. The van der Waals surface area contributed by atoms with Gasteiger partial charge >= 0.3 is 0 Å². The summed E-state index contributed by atoms with van der Waals surface area (Å²) in [5, 5.41) is 6.41. The molecule has 0 fully saturated rings. The second kappa shape index (κ2) is 8.75. The smallest absolute Gasteiger partial charge is 0.227 e. The molecule has 3 nitrogen and oxygen atoms in total. The van der Waals surface area contributed by atoms with Crippen molar-refractivity contribution in [1.29, 1.82) is 0 Å². The molecule has 0 radical (unpaired) electrons. The van der Waals surface area contributed by atoms with Gasteiger partial charge in [0.05, 0.1) is 0 Å². The van der Waals surface area contributed by atoms with Crippen LogP contribution >= 0.6 is 0 Å². The van der Waals surface area contributed by atoms with Crippen LogP contribution in [0, 0.1) is 11.8 Å². The second-order valence-electron chi connectivity index (χ2n) is 5.86. The number of carbonyl (C=O) groups is 1. The molecule has 0 aliphatic rings. The Morgan fingerprint density at radius 1 is 1.25 bits per heavy atom. The first kappa shape index (κ1) is 16.7. The summed E-state index contributed by atoms with van der Waals surface area (Å²) >= 11 is 0. The Labute approximate surface area is 123 Å². The lowest BCUT2D eigenvalue weighted by Crippen LogP contribution is -2.20. The molecule has 1 unspecified atom stereocenters. The summed E-state index contributed by atoms with van der Waals surface area (Å²) in [5.41, 5.74) is 2.09. The Bertz CT molecular complexity index is 415. The van der Waals surface area contributed by atoms with Crippen LogP contribution in [0.3, 0.4) is 0 Å². The average molecular weight is 276 g/mol. The highest BCUT2D eigenvalue weighted by Crippen LogP contribution is 2.13. The molecule has 3 heteroatoms. The first-order valence-electron chi connectivity index (χ1n) is 7.63. The number of nitrogens with one attached hydrogen (secondary N) is 2. The highest BCUT2D eigenvalue weighted by Gasteiger charge is 2.10. The molecule has 0 aliphatic carbocycles. The van der Waals surface area contributed by atoms with Crippen LogP contribution in [0.25, 0.3) is 0 Å². The van der Waals surface area contributed by atoms with Crippen molar-refractivity contribution in [2.75, 3.05) is 11.9 Å². The molecule has 0 spiro atoms. The first-order valence-corrected chi connectivity index (χ1v) is 7.63. The predicted molar refractivity (Wildman–Crippen MR) is 85.7 cm³/mol. The van der Waals surface area contributed by atoms with Gasteiger partial charge in [0.2, 0.25) is 5.91 Å². The fraction of sp³-hybridized carbons (Fsp3) is 0.588. The van der Waals surface area contributed by atoms with Gasteiger partial charge in [-0.05, 0) is 43.0 Å². The number of anilines is 1. The molecule has 0 saturated carbocycles. The topological polar surface area (TPSA) is 41.1 Å². The van der Waals surface area contributed by atoms with E-state index in [-0.39, 0.29) is 11.8 Å². The molecule has 0 aliphatic heterocycles. The molecule has 0 bridgehead atoms. The van der Waals surface area contributed by atoms with Gasteiger partial charge in [0.1, 0.15) is 0 Å². The minimum absolute atomic E-state index is 0.0582. The van der Waals surface area contributed by atoms with Crippen molar-refractivity contribution in [3.8, 4) is 0 Å². The Morgan fingerprint density at radius 2 is 2.00 bits per heavy atom. The zero-order valence-corrected chi connectivity index (χ0v) is 13.2. The number of amides is 1. The van der Waals surface area contributed by atoms with Gasteiger partial charge in [-0.2, -0.15) is 0 Å². The van der Waals surface area contributed by atoms with Crippen LogP contribution in [0.4, 0.5) is 5.69 Å². The molecule has 1 aromatic rings. The highest BCUT2D eigenvalue weighted by atomic mass is 16.1. The Balaban J connectivity index is 2.47. The minimum atomic E-state index is 0.0582. The van der Waals surface area contributed by atoms with Gasteiger partial charge in [-0.15, -0.1) is 0 Å². The summed E-state index contributed by atoms with van der Waals surface area (Å²) in [4.78, 5) is 11.9. The lowest BCUT2D eigenvalue weighted by atomic mass is 10.1. The Hall–Kier alpha value is -1.35. The van der Waals surface area contributed by atoms with E-state index in [4.69, 9.17) is 0 Å². The lowest BCUT2D eigenvalue weighted by molar-refractivity contribution is -0.119. The van der Waals surface area contributed by atoms with Gasteiger partial charge in [0, 0.05) is 18.2 Å². The number of hydrogen-bond acceptors (Lipinski definition) is 2. The number of hydrogen-bond donors (Lipinski definition) is 2. The van der Waals surface area contributed by atoms with Crippen LogP contribution in [0.15, 0.2) is 24.3 Å². The molecule has 0 heterocycles. The zero-order valence-electron chi connectivity index (χ0n) is 13.2. The molecule has 2 N–H and O–H groups in total. The quantitative estimate of drug-likeness (QED) is 0.709. The molecular weight excluding hydrogens is 248 g/mol. The molecule has 1 amide bonds. The average Bonchev–Trinajstić information content (AvgIpc) is 2.43. The van der Waals surface area contributed by atoms with Crippen LogP contribution < -0.4 is 10.6 Å². The number of carbonyl (C=O) groups excluding carboxylic acids is 1. The van der Waals surface area contributed by atoms with Crippen LogP contribution in [-0.2, 0) is 11.3 Å². The van der Waals surface area contributed by atoms with E-state index in [1.54, 1.807) is 0 Å². The summed E-state index contributed by atoms with van der Waals surface area (Å²) in [6, 6.07) is 8.06. The molecule has 20 heavy (non-hydrogen) atoms. The van der Waals surface area contributed by atoms with Gasteiger partial charge in [-0.25, -0.2) is 0 Å². The molecule has 1 aromatic carbocycles. The van der Waals surface area contributed by atoms with Crippen LogP contribution in [-0.4, -0.2) is 12.5 Å². The van der Waals surface area contributed by atoms with E-state index < -0.39 is 0 Å². The van der Waals surface area contributed by atoms with Crippen molar-refractivity contribution >= 4 is 11.6 Å². The van der Waals surface area contributed by atoms with Crippen molar-refractivity contribution in [3.63, 3.8) is 0 Å². The van der Waals surface area contributed by atoms with E-state index >= 15 is 0 Å². The van der Waals surface area contributed by atoms with E-state index in [9.17, 15) is 4.79 Å². The summed E-state index contributed by atoms with van der Waals surface area (Å²) in [7, 11) is 0. The summed E-state index contributed by atoms with van der Waals surface area (Å²) in [6.07, 6.45) is 2.05. The zero-order chi connectivity index (χ0) is 15.0. The van der Waals surface area contributed by atoms with Crippen molar-refractivity contribution in [1.82, 2.24) is 5.32 Å². The fourth-order valence-corrected chi connectivity index (χ4v) is 1.83. The monoisotopic (exact) mass is 276 g/mol. The van der Waals surface area contributed by atoms with Crippen molar-refractivity contribution in [2.24, 2.45) is 11.8 Å². The highest BCUT2D eigenvalue weighted by molar-refractivity contribution is 5.92. The van der Waals surface area contributed by atoms with Crippen molar-refractivity contribution < 1.29 is 4.79 Å². The van der Waals surface area contributed by atoms with Gasteiger partial charge in [-0.1, -0.05) is 39.8 Å². The largest absolute Gasteiger partial charge is 0.326 e. The summed E-state index contributed by atoms with van der Waals surface area (Å²) < 4.78 is 0. The van der Waals surface area contributed by atoms with Crippen molar-refractivity contribution in [2.45, 2.75) is 47.1 Å². The molecule has 0 saturated heterocycles. The molecule has 1 atom stereocenters. The lowest BCUT2D eigenvalue weighted by Gasteiger charge is -2.12. The van der Waals surface area contributed by atoms with E-state index in [1.165, 1.54) is 12.0 Å². The van der Waals surface area contributed by atoms with E-state index in [0.29, 0.717) is 0 Å². The normalized spacial score (nSPS) is 12.4. The third-order valence-corrected chi connectivity index (χ3v) is 3.48. The fourth-order valence-electron chi connectivity index (χ4n) is 1.83. The number of rotatable bonds is 8. The van der Waals surface area contributed by atoms with Gasteiger partial charge in [0.15, 0.2) is 0 Å². The van der Waals surface area contributed by atoms with Crippen LogP contribution in [0.2, 0.25) is 0 Å². The summed E-state index contributed by atoms with van der Waals surface area (Å²) in [6.45, 7) is 10.3. The van der Waals surface area contributed by atoms with Gasteiger partial charge in [0.25, 0.3) is 0 Å². The third-order valence-electron chi connectivity index (χ3n) is 3.48. The Morgan fingerprint density at radius 3 is 2.65 bits per heavy atom. The SMILES string of the molecule is CCC(C)C(=O)Nc1cccc(CNCCC(C)C)c1. The van der Waals surface area contributed by atoms with Gasteiger partial charge in [-0.3, -0.25) is 4.79 Å². The van der Waals surface area contributed by atoms with E-state index in [2.05, 4.69) is 30.5 Å². The van der Waals surface area contributed by atoms with E-state index in [1.807, 2.05) is 32.0 Å². The summed E-state index contributed by atoms with van der Waals surface area (Å²) in [5.74, 6) is 0.879. The second-order valence-corrected chi connectivity index (χ2v) is 5.86. The maximum Gasteiger partial charge on any atom is 0.227 e. The molecule has 112 valence electrons. The van der Waals surface area contributed by atoms with Crippen molar-refractivity contribution in [3.05, 3.63) is 29.8 Å². The van der Waals surface area contributed by atoms with Crippen LogP contribution in [0.5, 0.6) is 0 Å². The van der Waals surface area contributed by atoms with E-state index in [0.717, 1.165) is 31.1 Å². The molecule has 0 aromatic heterocycles. The molecule has 1 rings (SSSR count). The first-order chi connectivity index (χ1) is 9.52. The van der Waals surface area contributed by atoms with Gasteiger partial charge < -0.3 is 10.6 Å². The third kappa shape index (κ3) is 6.20. The maximum atomic E-state index is 11.9. The predicted octanol–water partition coefficient (Wildman–Crippen LogP) is 3.81. The van der Waals surface area contributed by atoms with Crippen LogP contribution in [0.1, 0.15) is 46.1 Å². The standard InChI is InChI=1S/C17H28N2O/c1-5-14(4)17(20)19-16-8-6-7-15(11-16)12-18-10-9-13(2)3/h6-8,11,13-14,18H,5,9-10,12H2,1-4H3,(H,19,20). The Kier molecular flexibility index (Phi) is 7.31.